The lowest BCUT2D eigenvalue weighted by Gasteiger charge is -2.11. The van der Waals surface area contributed by atoms with E-state index >= 15 is 0 Å². The number of nitrogens with zero attached hydrogens (tertiary/aromatic N) is 2. The zero-order valence-corrected chi connectivity index (χ0v) is 9.54. The molecule has 0 bridgehead atoms. The third kappa shape index (κ3) is 1.99. The van der Waals surface area contributed by atoms with Gasteiger partial charge in [0.1, 0.15) is 11.6 Å². The number of hydrogen-bond donors (Lipinski definition) is 1. The number of carboxylic acids is 1. The molecule has 5 nitrogen and oxygen atoms in total. The van der Waals surface area contributed by atoms with E-state index < -0.39 is 5.97 Å². The molecule has 0 aliphatic rings. The highest BCUT2D eigenvalue weighted by molar-refractivity contribution is 5.88. The number of carbonyl (C=O) groups is 1. The molecule has 1 N–H and O–H groups in total. The lowest BCUT2D eigenvalue weighted by atomic mass is 10.2. The summed E-state index contributed by atoms with van der Waals surface area (Å²) >= 11 is 0. The number of carboxylic acid groups (broad SMARTS) is 1. The van der Waals surface area contributed by atoms with Crippen molar-refractivity contribution in [2.45, 2.75) is 6.92 Å². The average molecular weight is 232 g/mol. The van der Waals surface area contributed by atoms with Crippen LogP contribution in [0.15, 0.2) is 30.6 Å². The Morgan fingerprint density at radius 1 is 1.47 bits per heavy atom. The Hall–Kier alpha value is -2.30. The number of methoxy groups -OCH3 is 1. The SMILES string of the molecule is COc1ccc(C(=O)O)cc1-n1ccnc1C. The van der Waals surface area contributed by atoms with E-state index in [0.717, 1.165) is 5.82 Å². The molecule has 0 fully saturated rings. The molecule has 2 rings (SSSR count). The Kier molecular flexibility index (Phi) is 2.82. The standard InChI is InChI=1S/C12H12N2O3/c1-8-13-5-6-14(8)10-7-9(12(15)16)3-4-11(10)17-2/h3-7H,1-2H3,(H,15,16). The number of aryl methyl sites for hydroxylation is 1. The maximum atomic E-state index is 10.9. The predicted molar refractivity (Wildman–Crippen MR) is 61.8 cm³/mol. The van der Waals surface area contributed by atoms with Crippen molar-refractivity contribution in [1.82, 2.24) is 9.55 Å². The number of rotatable bonds is 3. The number of imidazole rings is 1. The summed E-state index contributed by atoms with van der Waals surface area (Å²) in [6, 6.07) is 4.71. The van der Waals surface area contributed by atoms with E-state index in [9.17, 15) is 4.79 Å². The van der Waals surface area contributed by atoms with Gasteiger partial charge in [-0.1, -0.05) is 0 Å². The van der Waals surface area contributed by atoms with Crippen LogP contribution in [0.25, 0.3) is 5.69 Å². The zero-order valence-electron chi connectivity index (χ0n) is 9.54. The van der Waals surface area contributed by atoms with Crippen molar-refractivity contribution in [3.63, 3.8) is 0 Å². The molecule has 0 aliphatic heterocycles. The molecule has 0 radical (unpaired) electrons. The second-order valence-electron chi connectivity index (χ2n) is 3.54. The van der Waals surface area contributed by atoms with Crippen LogP contribution < -0.4 is 4.74 Å². The lowest BCUT2D eigenvalue weighted by Crippen LogP contribution is -2.03. The number of aromatic carboxylic acids is 1. The quantitative estimate of drug-likeness (QED) is 0.877. The van der Waals surface area contributed by atoms with Crippen LogP contribution in [-0.2, 0) is 0 Å². The highest BCUT2D eigenvalue weighted by Crippen LogP contribution is 2.25. The van der Waals surface area contributed by atoms with Crippen LogP contribution in [0.2, 0.25) is 0 Å². The van der Waals surface area contributed by atoms with Crippen LogP contribution >= 0.6 is 0 Å². The second kappa shape index (κ2) is 4.29. The first-order chi connectivity index (χ1) is 8.13. The van der Waals surface area contributed by atoms with E-state index in [4.69, 9.17) is 9.84 Å². The number of ether oxygens (including phenoxy) is 1. The minimum Gasteiger partial charge on any atom is -0.495 e. The maximum absolute atomic E-state index is 10.9. The molecule has 1 heterocycles. The Morgan fingerprint density at radius 3 is 2.76 bits per heavy atom. The van der Waals surface area contributed by atoms with Crippen LogP contribution in [-0.4, -0.2) is 27.7 Å². The van der Waals surface area contributed by atoms with Gasteiger partial charge in [-0.3, -0.25) is 0 Å². The summed E-state index contributed by atoms with van der Waals surface area (Å²) < 4.78 is 7.00. The van der Waals surface area contributed by atoms with Crippen LogP contribution in [0.1, 0.15) is 16.2 Å². The summed E-state index contributed by atoms with van der Waals surface area (Å²) in [4.78, 5) is 15.0. The van der Waals surface area contributed by atoms with E-state index in [2.05, 4.69) is 4.98 Å². The van der Waals surface area contributed by atoms with Crippen molar-refractivity contribution in [3.8, 4) is 11.4 Å². The molecule has 2 aromatic rings. The Labute approximate surface area is 98.3 Å². The minimum atomic E-state index is -0.966. The highest BCUT2D eigenvalue weighted by Gasteiger charge is 2.11. The van der Waals surface area contributed by atoms with Crippen molar-refractivity contribution in [3.05, 3.63) is 42.0 Å². The Morgan fingerprint density at radius 2 is 2.24 bits per heavy atom. The fourth-order valence-electron chi connectivity index (χ4n) is 1.64. The first-order valence-corrected chi connectivity index (χ1v) is 5.05. The summed E-state index contributed by atoms with van der Waals surface area (Å²) in [5, 5.41) is 8.97. The molecule has 1 aromatic carbocycles. The van der Waals surface area contributed by atoms with Gasteiger partial charge in [-0.15, -0.1) is 0 Å². The molecule has 0 spiro atoms. The smallest absolute Gasteiger partial charge is 0.335 e. The van der Waals surface area contributed by atoms with Crippen LogP contribution in [0, 0.1) is 6.92 Å². The van der Waals surface area contributed by atoms with Crippen LogP contribution in [0.5, 0.6) is 5.75 Å². The van der Waals surface area contributed by atoms with E-state index in [0.29, 0.717) is 11.4 Å². The van der Waals surface area contributed by atoms with Crippen molar-refractivity contribution >= 4 is 5.97 Å². The topological polar surface area (TPSA) is 64.3 Å². The molecule has 1 aromatic heterocycles. The molecule has 88 valence electrons. The minimum absolute atomic E-state index is 0.217. The normalized spacial score (nSPS) is 10.2. The largest absolute Gasteiger partial charge is 0.495 e. The summed E-state index contributed by atoms with van der Waals surface area (Å²) in [5.74, 6) is 0.411. The molecule has 17 heavy (non-hydrogen) atoms. The Balaban J connectivity index is 2.61. The van der Waals surface area contributed by atoms with Gasteiger partial charge < -0.3 is 14.4 Å². The van der Waals surface area contributed by atoms with Gasteiger partial charge in [0.15, 0.2) is 0 Å². The van der Waals surface area contributed by atoms with E-state index in [1.54, 1.807) is 36.2 Å². The van der Waals surface area contributed by atoms with Gasteiger partial charge in [0, 0.05) is 12.4 Å². The molecule has 0 saturated carbocycles. The number of aromatic nitrogens is 2. The van der Waals surface area contributed by atoms with Crippen molar-refractivity contribution in [2.24, 2.45) is 0 Å². The molecule has 0 atom stereocenters. The average Bonchev–Trinajstić information content (AvgIpc) is 2.74. The van der Waals surface area contributed by atoms with Crippen LogP contribution in [0.4, 0.5) is 0 Å². The lowest BCUT2D eigenvalue weighted by molar-refractivity contribution is 0.0697. The molecule has 0 saturated heterocycles. The van der Waals surface area contributed by atoms with Gasteiger partial charge in [0.2, 0.25) is 0 Å². The van der Waals surface area contributed by atoms with Crippen molar-refractivity contribution < 1.29 is 14.6 Å². The van der Waals surface area contributed by atoms with Gasteiger partial charge in [0.05, 0.1) is 18.4 Å². The second-order valence-corrected chi connectivity index (χ2v) is 3.54. The molecular formula is C12H12N2O3. The predicted octanol–water partition coefficient (Wildman–Crippen LogP) is 1.89. The van der Waals surface area contributed by atoms with Crippen molar-refractivity contribution in [1.29, 1.82) is 0 Å². The summed E-state index contributed by atoms with van der Waals surface area (Å²) in [5.41, 5.74) is 0.885. The Bertz CT molecular complexity index is 561. The van der Waals surface area contributed by atoms with Gasteiger partial charge in [-0.05, 0) is 25.1 Å². The third-order valence-electron chi connectivity index (χ3n) is 2.51. The first kappa shape index (κ1) is 11.2. The van der Waals surface area contributed by atoms with E-state index in [-0.39, 0.29) is 5.56 Å². The summed E-state index contributed by atoms with van der Waals surface area (Å²) in [6.45, 7) is 1.84. The highest BCUT2D eigenvalue weighted by atomic mass is 16.5. The maximum Gasteiger partial charge on any atom is 0.335 e. The molecule has 0 amide bonds. The third-order valence-corrected chi connectivity index (χ3v) is 2.51. The fourth-order valence-corrected chi connectivity index (χ4v) is 1.64. The zero-order chi connectivity index (χ0) is 12.4. The van der Waals surface area contributed by atoms with Gasteiger partial charge in [0.25, 0.3) is 0 Å². The van der Waals surface area contributed by atoms with E-state index in [1.165, 1.54) is 6.07 Å². The van der Waals surface area contributed by atoms with Gasteiger partial charge >= 0.3 is 5.97 Å². The first-order valence-electron chi connectivity index (χ1n) is 5.05. The van der Waals surface area contributed by atoms with Crippen molar-refractivity contribution in [2.75, 3.05) is 7.11 Å². The molecular weight excluding hydrogens is 220 g/mol. The molecule has 0 unspecified atom stereocenters. The molecule has 0 aliphatic carbocycles. The van der Waals surface area contributed by atoms with Gasteiger partial charge in [-0.2, -0.15) is 0 Å². The summed E-state index contributed by atoms with van der Waals surface area (Å²) in [6.07, 6.45) is 3.42. The van der Waals surface area contributed by atoms with Crippen LogP contribution in [0.3, 0.4) is 0 Å². The summed E-state index contributed by atoms with van der Waals surface area (Å²) in [7, 11) is 1.55. The molecule has 5 heteroatoms. The fraction of sp³-hybridized carbons (Fsp3) is 0.167. The number of benzene rings is 1. The number of hydrogen-bond acceptors (Lipinski definition) is 3. The van der Waals surface area contributed by atoms with E-state index in [1.807, 2.05) is 6.92 Å². The van der Waals surface area contributed by atoms with Gasteiger partial charge in [-0.25, -0.2) is 9.78 Å². The monoisotopic (exact) mass is 232 g/mol.